The van der Waals surface area contributed by atoms with Crippen molar-refractivity contribution < 1.29 is 23.6 Å². The van der Waals surface area contributed by atoms with E-state index in [9.17, 15) is 24.4 Å². The highest BCUT2D eigenvalue weighted by molar-refractivity contribution is 6.21. The largest absolute Gasteiger partial charge is 0.457 e. The van der Waals surface area contributed by atoms with E-state index in [-0.39, 0.29) is 28.5 Å². The fourth-order valence-electron chi connectivity index (χ4n) is 3.44. The topological polar surface area (TPSA) is 112 Å². The second kappa shape index (κ2) is 6.67. The van der Waals surface area contributed by atoms with Gasteiger partial charge in [-0.25, -0.2) is 0 Å². The summed E-state index contributed by atoms with van der Waals surface area (Å²) in [5, 5.41) is 9.24. The van der Waals surface area contributed by atoms with E-state index < -0.39 is 11.8 Å². The standard InChI is InChI=1S/C22H15N3O5/c1-11-15(20(27)25(3)22(29)17(11)10-23)9-13-5-7-18(30-13)12-4-6-14-16(8-12)21(28)24(2)19(14)26/h4-9H,1-3H3/b15-9+. The van der Waals surface area contributed by atoms with Crippen molar-refractivity contribution in [3.63, 3.8) is 0 Å². The molecule has 30 heavy (non-hydrogen) atoms. The van der Waals surface area contributed by atoms with Crippen molar-refractivity contribution in [1.29, 1.82) is 5.26 Å². The lowest BCUT2D eigenvalue weighted by Crippen LogP contribution is -2.39. The van der Waals surface area contributed by atoms with Gasteiger partial charge in [-0.05, 0) is 42.8 Å². The van der Waals surface area contributed by atoms with Crippen LogP contribution in [-0.4, -0.2) is 47.5 Å². The number of benzene rings is 1. The van der Waals surface area contributed by atoms with Crippen molar-refractivity contribution >= 4 is 29.7 Å². The zero-order valence-electron chi connectivity index (χ0n) is 16.3. The molecule has 2 aliphatic rings. The first-order chi connectivity index (χ1) is 14.2. The van der Waals surface area contributed by atoms with Gasteiger partial charge in [-0.15, -0.1) is 0 Å². The van der Waals surface area contributed by atoms with Crippen LogP contribution in [0.3, 0.4) is 0 Å². The summed E-state index contributed by atoms with van der Waals surface area (Å²) in [6, 6.07) is 9.99. The van der Waals surface area contributed by atoms with E-state index in [1.165, 1.54) is 27.1 Å². The maximum Gasteiger partial charge on any atom is 0.271 e. The third kappa shape index (κ3) is 2.68. The van der Waals surface area contributed by atoms with E-state index in [4.69, 9.17) is 4.42 Å². The van der Waals surface area contributed by atoms with Crippen LogP contribution in [-0.2, 0) is 9.59 Å². The molecule has 1 aromatic heterocycles. The first kappa shape index (κ1) is 19.1. The summed E-state index contributed by atoms with van der Waals surface area (Å²) in [5.74, 6) is -1.12. The Morgan fingerprint density at radius 3 is 2.27 bits per heavy atom. The van der Waals surface area contributed by atoms with E-state index in [1.54, 1.807) is 30.3 Å². The number of furan rings is 1. The maximum absolute atomic E-state index is 12.5. The second-order valence-corrected chi connectivity index (χ2v) is 6.97. The summed E-state index contributed by atoms with van der Waals surface area (Å²) in [6.45, 7) is 1.54. The van der Waals surface area contributed by atoms with Gasteiger partial charge >= 0.3 is 0 Å². The van der Waals surface area contributed by atoms with Crippen molar-refractivity contribution in [3.8, 4) is 17.4 Å². The van der Waals surface area contributed by atoms with Crippen LogP contribution in [0, 0.1) is 11.3 Å². The number of carbonyl (C=O) groups excluding carboxylic acids is 4. The van der Waals surface area contributed by atoms with Crippen molar-refractivity contribution in [2.75, 3.05) is 14.1 Å². The molecule has 148 valence electrons. The van der Waals surface area contributed by atoms with Gasteiger partial charge in [0.25, 0.3) is 23.6 Å². The molecule has 0 radical (unpaired) electrons. The number of imide groups is 2. The molecule has 2 aliphatic heterocycles. The molecule has 1 aromatic carbocycles. The van der Waals surface area contributed by atoms with Gasteiger partial charge in [-0.3, -0.25) is 29.0 Å². The SMILES string of the molecule is CC1=C(C#N)C(=O)N(C)C(=O)/C1=C/c1ccc(-c2ccc3c(c2)C(=O)N(C)C3=O)o1. The predicted octanol–water partition coefficient (Wildman–Crippen LogP) is 2.39. The molecular formula is C22H15N3O5. The zero-order valence-corrected chi connectivity index (χ0v) is 16.3. The lowest BCUT2D eigenvalue weighted by molar-refractivity contribution is -0.138. The van der Waals surface area contributed by atoms with Crippen LogP contribution in [0.25, 0.3) is 17.4 Å². The number of carbonyl (C=O) groups is 4. The van der Waals surface area contributed by atoms with Crippen LogP contribution >= 0.6 is 0 Å². The maximum atomic E-state index is 12.5. The van der Waals surface area contributed by atoms with Gasteiger partial charge in [0.15, 0.2) is 0 Å². The van der Waals surface area contributed by atoms with Gasteiger partial charge in [-0.2, -0.15) is 5.26 Å². The van der Waals surface area contributed by atoms with E-state index in [0.29, 0.717) is 28.2 Å². The molecule has 0 N–H and O–H groups in total. The highest BCUT2D eigenvalue weighted by atomic mass is 16.3. The number of rotatable bonds is 2. The highest BCUT2D eigenvalue weighted by Gasteiger charge is 2.34. The highest BCUT2D eigenvalue weighted by Crippen LogP contribution is 2.31. The number of likely N-dealkylation sites (N-methyl/N-ethyl adjacent to an activating group) is 1. The van der Waals surface area contributed by atoms with Crippen LogP contribution in [0.1, 0.15) is 33.4 Å². The van der Waals surface area contributed by atoms with E-state index in [1.807, 2.05) is 6.07 Å². The van der Waals surface area contributed by atoms with Crippen LogP contribution < -0.4 is 0 Å². The summed E-state index contributed by atoms with van der Waals surface area (Å²) in [5.41, 5.74) is 1.61. The van der Waals surface area contributed by atoms with E-state index >= 15 is 0 Å². The molecule has 2 aromatic rings. The van der Waals surface area contributed by atoms with Crippen molar-refractivity contribution in [1.82, 2.24) is 9.80 Å². The Balaban J connectivity index is 1.73. The van der Waals surface area contributed by atoms with Gasteiger partial charge in [0.2, 0.25) is 0 Å². The van der Waals surface area contributed by atoms with Crippen molar-refractivity contribution in [2.45, 2.75) is 6.92 Å². The Kier molecular flexibility index (Phi) is 4.24. The zero-order chi connectivity index (χ0) is 21.7. The molecular weight excluding hydrogens is 386 g/mol. The summed E-state index contributed by atoms with van der Waals surface area (Å²) in [6.07, 6.45) is 1.47. The Morgan fingerprint density at radius 1 is 0.900 bits per heavy atom. The van der Waals surface area contributed by atoms with Crippen molar-refractivity contribution in [2.24, 2.45) is 0 Å². The number of hydrogen-bond donors (Lipinski definition) is 0. The summed E-state index contributed by atoms with van der Waals surface area (Å²) in [4.78, 5) is 50.7. The number of hydrogen-bond acceptors (Lipinski definition) is 6. The molecule has 0 atom stereocenters. The first-order valence-corrected chi connectivity index (χ1v) is 8.96. The summed E-state index contributed by atoms with van der Waals surface area (Å²) >= 11 is 0. The number of amides is 4. The smallest absolute Gasteiger partial charge is 0.271 e. The fraction of sp³-hybridized carbons (Fsp3) is 0.136. The predicted molar refractivity (Wildman–Crippen MR) is 105 cm³/mol. The van der Waals surface area contributed by atoms with Crippen LogP contribution in [0.5, 0.6) is 0 Å². The first-order valence-electron chi connectivity index (χ1n) is 8.96. The number of nitriles is 1. The van der Waals surface area contributed by atoms with Crippen LogP contribution in [0.15, 0.2) is 51.5 Å². The molecule has 8 heteroatoms. The minimum Gasteiger partial charge on any atom is -0.457 e. The molecule has 8 nitrogen and oxygen atoms in total. The number of nitrogens with zero attached hydrogens (tertiary/aromatic N) is 3. The van der Waals surface area contributed by atoms with E-state index in [2.05, 4.69) is 0 Å². The fourth-order valence-corrected chi connectivity index (χ4v) is 3.44. The monoisotopic (exact) mass is 401 g/mol. The lowest BCUT2D eigenvalue weighted by Gasteiger charge is -2.23. The third-order valence-corrected chi connectivity index (χ3v) is 5.23. The molecule has 4 amide bonds. The third-order valence-electron chi connectivity index (χ3n) is 5.23. The molecule has 0 unspecified atom stereocenters. The minimum absolute atomic E-state index is 0.0962. The van der Waals surface area contributed by atoms with Crippen LogP contribution in [0.4, 0.5) is 0 Å². The quantitative estimate of drug-likeness (QED) is 0.564. The van der Waals surface area contributed by atoms with E-state index in [0.717, 1.165) is 9.80 Å². The molecule has 0 bridgehead atoms. The summed E-state index contributed by atoms with van der Waals surface area (Å²) < 4.78 is 5.80. The van der Waals surface area contributed by atoms with Gasteiger partial charge in [0, 0.05) is 25.2 Å². The van der Waals surface area contributed by atoms with Crippen molar-refractivity contribution in [3.05, 3.63) is 63.9 Å². The second-order valence-electron chi connectivity index (χ2n) is 6.97. The number of fused-ring (bicyclic) bond motifs is 1. The Morgan fingerprint density at radius 2 is 1.57 bits per heavy atom. The van der Waals surface area contributed by atoms with Gasteiger partial charge in [0.05, 0.1) is 11.1 Å². The molecule has 0 aliphatic carbocycles. The normalized spacial score (nSPS) is 17.9. The van der Waals surface area contributed by atoms with Gasteiger partial charge in [0.1, 0.15) is 23.2 Å². The molecule has 0 saturated heterocycles. The average Bonchev–Trinajstić information content (AvgIpc) is 3.29. The van der Waals surface area contributed by atoms with Gasteiger partial charge < -0.3 is 4.42 Å². The average molecular weight is 401 g/mol. The molecule has 0 saturated carbocycles. The molecule has 3 heterocycles. The summed E-state index contributed by atoms with van der Waals surface area (Å²) in [7, 11) is 2.74. The minimum atomic E-state index is -0.639. The lowest BCUT2D eigenvalue weighted by atomic mass is 9.95. The Labute approximate surface area is 171 Å². The Bertz CT molecular complexity index is 1270. The molecule has 0 fully saturated rings. The van der Waals surface area contributed by atoms with Crippen LogP contribution in [0.2, 0.25) is 0 Å². The molecule has 0 spiro atoms. The van der Waals surface area contributed by atoms with Gasteiger partial charge in [-0.1, -0.05) is 6.07 Å². The Hall–Kier alpha value is -4.25. The molecule has 4 rings (SSSR count).